The van der Waals surface area contributed by atoms with Crippen LogP contribution in [-0.4, -0.2) is 38.1 Å². The maximum atomic E-state index is 8.83. The number of nitrogens with two attached hydrogens (primary N) is 1. The SMILES string of the molecule is CN(CC1CCCN1C)c1ccc(C#N)cc1N. The molecule has 1 aromatic carbocycles. The Bertz CT molecular complexity index is 463. The van der Waals surface area contributed by atoms with E-state index in [1.807, 2.05) is 12.1 Å². The van der Waals surface area contributed by atoms with Crippen LogP contribution in [-0.2, 0) is 0 Å². The van der Waals surface area contributed by atoms with E-state index >= 15 is 0 Å². The van der Waals surface area contributed by atoms with Gasteiger partial charge in [-0.1, -0.05) is 0 Å². The van der Waals surface area contributed by atoms with Gasteiger partial charge in [-0.05, 0) is 44.6 Å². The Hall–Kier alpha value is -1.73. The first kappa shape index (κ1) is 12.7. The Morgan fingerprint density at radius 1 is 1.56 bits per heavy atom. The molecular formula is C14H20N4. The Morgan fingerprint density at radius 3 is 2.89 bits per heavy atom. The van der Waals surface area contributed by atoms with Gasteiger partial charge >= 0.3 is 0 Å². The number of benzene rings is 1. The van der Waals surface area contributed by atoms with Crippen LogP contribution in [0.25, 0.3) is 0 Å². The first-order chi connectivity index (χ1) is 8.61. The van der Waals surface area contributed by atoms with E-state index in [9.17, 15) is 0 Å². The molecule has 0 aromatic heterocycles. The van der Waals surface area contributed by atoms with Gasteiger partial charge in [-0.3, -0.25) is 0 Å². The van der Waals surface area contributed by atoms with E-state index in [1.54, 1.807) is 6.07 Å². The zero-order chi connectivity index (χ0) is 13.1. The molecule has 1 aliphatic heterocycles. The van der Waals surface area contributed by atoms with Gasteiger partial charge in [0.2, 0.25) is 0 Å². The summed E-state index contributed by atoms with van der Waals surface area (Å²) in [7, 11) is 4.23. The largest absolute Gasteiger partial charge is 0.397 e. The molecule has 0 bridgehead atoms. The molecule has 1 aliphatic rings. The average molecular weight is 244 g/mol. The number of nitrogens with zero attached hydrogens (tertiary/aromatic N) is 3. The maximum Gasteiger partial charge on any atom is 0.0992 e. The molecule has 0 spiro atoms. The van der Waals surface area contributed by atoms with E-state index in [0.29, 0.717) is 17.3 Å². The molecule has 1 fully saturated rings. The van der Waals surface area contributed by atoms with Gasteiger partial charge in [0.1, 0.15) is 0 Å². The number of hydrogen-bond donors (Lipinski definition) is 1. The maximum absolute atomic E-state index is 8.83. The standard InChI is InChI=1S/C14H20N4/c1-17-7-3-4-12(17)10-18(2)14-6-5-11(9-15)8-13(14)16/h5-6,8,12H,3-4,7,10,16H2,1-2H3. The molecule has 0 amide bonds. The van der Waals surface area contributed by atoms with E-state index in [0.717, 1.165) is 12.2 Å². The van der Waals surface area contributed by atoms with Crippen LogP contribution in [0, 0.1) is 11.3 Å². The van der Waals surface area contributed by atoms with Crippen LogP contribution >= 0.6 is 0 Å². The van der Waals surface area contributed by atoms with Crippen molar-refractivity contribution in [2.24, 2.45) is 0 Å². The number of nitriles is 1. The number of nitrogen functional groups attached to an aromatic ring is 1. The van der Waals surface area contributed by atoms with Crippen molar-refractivity contribution in [1.82, 2.24) is 4.90 Å². The molecule has 1 aromatic rings. The van der Waals surface area contributed by atoms with Crippen LogP contribution in [0.1, 0.15) is 18.4 Å². The summed E-state index contributed by atoms with van der Waals surface area (Å²) < 4.78 is 0. The molecule has 96 valence electrons. The first-order valence-electron chi connectivity index (χ1n) is 6.33. The number of hydrogen-bond acceptors (Lipinski definition) is 4. The number of rotatable bonds is 3. The van der Waals surface area contributed by atoms with Gasteiger partial charge in [-0.15, -0.1) is 0 Å². The zero-order valence-corrected chi connectivity index (χ0v) is 11.1. The summed E-state index contributed by atoms with van der Waals surface area (Å²) in [6, 6.07) is 8.20. The summed E-state index contributed by atoms with van der Waals surface area (Å²) in [4.78, 5) is 4.58. The summed E-state index contributed by atoms with van der Waals surface area (Å²) in [6.07, 6.45) is 2.52. The molecule has 1 atom stereocenters. The van der Waals surface area contributed by atoms with E-state index in [2.05, 4.69) is 30.0 Å². The molecule has 18 heavy (non-hydrogen) atoms. The van der Waals surface area contributed by atoms with Crippen LogP contribution < -0.4 is 10.6 Å². The van der Waals surface area contributed by atoms with E-state index in [1.165, 1.54) is 19.4 Å². The van der Waals surface area contributed by atoms with Crippen molar-refractivity contribution in [3.63, 3.8) is 0 Å². The molecule has 1 unspecified atom stereocenters. The summed E-state index contributed by atoms with van der Waals surface area (Å²) in [6.45, 7) is 2.16. The zero-order valence-electron chi connectivity index (χ0n) is 11.1. The third kappa shape index (κ3) is 2.57. The molecule has 0 radical (unpaired) electrons. The molecule has 0 saturated carbocycles. The lowest BCUT2D eigenvalue weighted by Gasteiger charge is -2.28. The summed E-state index contributed by atoms with van der Waals surface area (Å²) >= 11 is 0. The molecule has 2 rings (SSSR count). The lowest BCUT2D eigenvalue weighted by Crippen LogP contribution is -2.36. The fraction of sp³-hybridized carbons (Fsp3) is 0.500. The minimum Gasteiger partial charge on any atom is -0.397 e. The predicted molar refractivity (Wildman–Crippen MR) is 74.5 cm³/mol. The normalized spacial score (nSPS) is 19.7. The van der Waals surface area contributed by atoms with E-state index in [-0.39, 0.29) is 0 Å². The average Bonchev–Trinajstić information content (AvgIpc) is 2.74. The Balaban J connectivity index is 2.09. The van der Waals surface area contributed by atoms with Crippen LogP contribution in [0.3, 0.4) is 0 Å². The monoisotopic (exact) mass is 244 g/mol. The fourth-order valence-electron chi connectivity index (χ4n) is 2.60. The Kier molecular flexibility index (Phi) is 3.73. The first-order valence-corrected chi connectivity index (χ1v) is 6.33. The number of likely N-dealkylation sites (tertiary alicyclic amines) is 1. The third-order valence-electron chi connectivity index (χ3n) is 3.72. The van der Waals surface area contributed by atoms with Crippen LogP contribution in [0.5, 0.6) is 0 Å². The van der Waals surface area contributed by atoms with Gasteiger partial charge in [0.05, 0.1) is 23.0 Å². The van der Waals surface area contributed by atoms with Crippen LogP contribution in [0.4, 0.5) is 11.4 Å². The molecule has 4 heteroatoms. The molecule has 2 N–H and O–H groups in total. The van der Waals surface area contributed by atoms with Crippen molar-refractivity contribution >= 4 is 11.4 Å². The molecule has 0 aliphatic carbocycles. The number of anilines is 2. The smallest absolute Gasteiger partial charge is 0.0992 e. The van der Waals surface area contributed by atoms with Gasteiger partial charge in [0, 0.05) is 19.6 Å². The Morgan fingerprint density at radius 2 is 2.33 bits per heavy atom. The van der Waals surface area contributed by atoms with Gasteiger partial charge in [-0.25, -0.2) is 0 Å². The van der Waals surface area contributed by atoms with Crippen LogP contribution in [0.2, 0.25) is 0 Å². The minimum absolute atomic E-state index is 0.602. The van der Waals surface area contributed by atoms with E-state index in [4.69, 9.17) is 11.0 Å². The van der Waals surface area contributed by atoms with Crippen molar-refractivity contribution in [3.05, 3.63) is 23.8 Å². The highest BCUT2D eigenvalue weighted by atomic mass is 15.2. The topological polar surface area (TPSA) is 56.3 Å². The second kappa shape index (κ2) is 5.28. The van der Waals surface area contributed by atoms with Crippen molar-refractivity contribution in [2.45, 2.75) is 18.9 Å². The second-order valence-corrected chi connectivity index (χ2v) is 5.04. The Labute approximate surface area is 109 Å². The summed E-state index contributed by atoms with van der Waals surface area (Å²) in [5.74, 6) is 0. The lowest BCUT2D eigenvalue weighted by molar-refractivity contribution is 0.314. The van der Waals surface area contributed by atoms with Crippen molar-refractivity contribution in [2.75, 3.05) is 37.8 Å². The summed E-state index contributed by atoms with van der Waals surface area (Å²) in [5, 5.41) is 8.83. The van der Waals surface area contributed by atoms with Crippen molar-refractivity contribution in [3.8, 4) is 6.07 Å². The van der Waals surface area contributed by atoms with Gasteiger partial charge < -0.3 is 15.5 Å². The van der Waals surface area contributed by atoms with Crippen molar-refractivity contribution in [1.29, 1.82) is 5.26 Å². The molecular weight excluding hydrogens is 224 g/mol. The molecule has 1 heterocycles. The highest BCUT2D eigenvalue weighted by Gasteiger charge is 2.22. The second-order valence-electron chi connectivity index (χ2n) is 5.04. The van der Waals surface area contributed by atoms with Gasteiger partial charge in [0.25, 0.3) is 0 Å². The highest BCUT2D eigenvalue weighted by Crippen LogP contribution is 2.25. The highest BCUT2D eigenvalue weighted by molar-refractivity contribution is 5.69. The molecule has 1 saturated heterocycles. The quantitative estimate of drug-likeness (QED) is 0.822. The lowest BCUT2D eigenvalue weighted by atomic mass is 10.1. The summed E-state index contributed by atoms with van der Waals surface area (Å²) in [5.41, 5.74) is 8.30. The van der Waals surface area contributed by atoms with Crippen LogP contribution in [0.15, 0.2) is 18.2 Å². The third-order valence-corrected chi connectivity index (χ3v) is 3.72. The molecule has 4 nitrogen and oxygen atoms in total. The predicted octanol–water partition coefficient (Wildman–Crippen LogP) is 1.67. The van der Waals surface area contributed by atoms with E-state index < -0.39 is 0 Å². The number of likely N-dealkylation sites (N-methyl/N-ethyl adjacent to an activating group) is 2. The minimum atomic E-state index is 0.602. The van der Waals surface area contributed by atoms with Crippen molar-refractivity contribution < 1.29 is 0 Å². The fourth-order valence-corrected chi connectivity index (χ4v) is 2.60. The van der Waals surface area contributed by atoms with Gasteiger partial charge in [0.15, 0.2) is 0 Å². The van der Waals surface area contributed by atoms with Gasteiger partial charge in [-0.2, -0.15) is 5.26 Å².